The van der Waals surface area contributed by atoms with Crippen molar-refractivity contribution < 1.29 is 14.6 Å². The molecular weight excluding hydrogens is 310 g/mol. The molecule has 1 fully saturated rings. The fraction of sp³-hybridized carbons (Fsp3) is 0.438. The van der Waals surface area contributed by atoms with Crippen molar-refractivity contribution in [3.63, 3.8) is 0 Å². The van der Waals surface area contributed by atoms with Crippen molar-refractivity contribution in [1.29, 1.82) is 0 Å². The third kappa shape index (κ3) is 3.33. The molecule has 128 valence electrons. The van der Waals surface area contributed by atoms with Gasteiger partial charge in [0.25, 0.3) is 0 Å². The average Bonchev–Trinajstić information content (AvgIpc) is 3.25. The van der Waals surface area contributed by atoms with E-state index in [1.54, 1.807) is 16.8 Å². The molecule has 1 unspecified atom stereocenters. The molecule has 8 heteroatoms. The van der Waals surface area contributed by atoms with Gasteiger partial charge in [-0.15, -0.1) is 5.10 Å². The molecule has 24 heavy (non-hydrogen) atoms. The highest BCUT2D eigenvalue weighted by Gasteiger charge is 2.28. The number of aromatic hydroxyl groups is 1. The van der Waals surface area contributed by atoms with Crippen molar-refractivity contribution >= 4 is 5.91 Å². The van der Waals surface area contributed by atoms with E-state index in [4.69, 9.17) is 10.5 Å². The minimum Gasteiger partial charge on any atom is -0.504 e. The first kappa shape index (κ1) is 16.3. The van der Waals surface area contributed by atoms with Gasteiger partial charge >= 0.3 is 0 Å². The normalized spacial score (nSPS) is 17.2. The number of phenols is 1. The highest BCUT2D eigenvalue weighted by Crippen LogP contribution is 2.27. The van der Waals surface area contributed by atoms with Gasteiger partial charge in [-0.05, 0) is 24.1 Å². The first-order valence-corrected chi connectivity index (χ1v) is 7.85. The SMILES string of the molecule is COc1cc(CC(=O)N2CCC(n3cc(CN)nn3)C2)ccc1O. The average molecular weight is 331 g/mol. The van der Waals surface area contributed by atoms with E-state index in [-0.39, 0.29) is 24.1 Å². The maximum absolute atomic E-state index is 12.5. The number of ether oxygens (including phenoxy) is 1. The molecule has 1 aromatic carbocycles. The van der Waals surface area contributed by atoms with Crippen LogP contribution in [0, 0.1) is 0 Å². The topological polar surface area (TPSA) is 106 Å². The van der Waals surface area contributed by atoms with E-state index in [1.165, 1.54) is 13.2 Å². The summed E-state index contributed by atoms with van der Waals surface area (Å²) in [6, 6.07) is 5.09. The fourth-order valence-electron chi connectivity index (χ4n) is 2.89. The number of methoxy groups -OCH3 is 1. The summed E-state index contributed by atoms with van der Waals surface area (Å²) in [4.78, 5) is 14.3. The molecule has 8 nitrogen and oxygen atoms in total. The van der Waals surface area contributed by atoms with Gasteiger partial charge in [-0.1, -0.05) is 11.3 Å². The summed E-state index contributed by atoms with van der Waals surface area (Å²) in [7, 11) is 1.49. The van der Waals surface area contributed by atoms with Gasteiger partial charge < -0.3 is 20.5 Å². The quantitative estimate of drug-likeness (QED) is 0.825. The zero-order valence-corrected chi connectivity index (χ0v) is 13.6. The van der Waals surface area contributed by atoms with E-state index in [0.717, 1.165) is 17.7 Å². The Hall–Kier alpha value is -2.61. The van der Waals surface area contributed by atoms with Gasteiger partial charge in [-0.25, -0.2) is 4.68 Å². The molecule has 1 amide bonds. The summed E-state index contributed by atoms with van der Waals surface area (Å²) >= 11 is 0. The second kappa shape index (κ2) is 6.88. The third-order valence-corrected chi connectivity index (χ3v) is 4.26. The Morgan fingerprint density at radius 3 is 3.04 bits per heavy atom. The molecule has 0 aliphatic carbocycles. The van der Waals surface area contributed by atoms with Crippen LogP contribution in [0.5, 0.6) is 11.5 Å². The number of nitrogens with zero attached hydrogens (tertiary/aromatic N) is 4. The van der Waals surface area contributed by atoms with E-state index < -0.39 is 0 Å². The van der Waals surface area contributed by atoms with Gasteiger partial charge in [0.05, 0.1) is 31.5 Å². The number of hydrogen-bond acceptors (Lipinski definition) is 6. The molecule has 0 spiro atoms. The van der Waals surface area contributed by atoms with Gasteiger partial charge in [-0.2, -0.15) is 0 Å². The lowest BCUT2D eigenvalue weighted by atomic mass is 10.1. The van der Waals surface area contributed by atoms with E-state index in [9.17, 15) is 9.90 Å². The van der Waals surface area contributed by atoms with Crippen molar-refractivity contribution in [2.24, 2.45) is 5.73 Å². The molecule has 2 heterocycles. The van der Waals surface area contributed by atoms with Crippen LogP contribution >= 0.6 is 0 Å². The van der Waals surface area contributed by atoms with E-state index in [0.29, 0.717) is 25.4 Å². The number of benzene rings is 1. The van der Waals surface area contributed by atoms with Crippen LogP contribution in [0.15, 0.2) is 24.4 Å². The zero-order chi connectivity index (χ0) is 17.1. The summed E-state index contributed by atoms with van der Waals surface area (Å²) in [5.74, 6) is 0.484. The Kier molecular flexibility index (Phi) is 4.66. The van der Waals surface area contributed by atoms with Crippen LogP contribution in [0.3, 0.4) is 0 Å². The molecule has 0 radical (unpaired) electrons. The van der Waals surface area contributed by atoms with E-state index in [1.807, 2.05) is 11.1 Å². The Labute approximate surface area is 139 Å². The van der Waals surface area contributed by atoms with Crippen molar-refractivity contribution in [1.82, 2.24) is 19.9 Å². The summed E-state index contributed by atoms with van der Waals surface area (Å²) in [5.41, 5.74) is 7.10. The summed E-state index contributed by atoms with van der Waals surface area (Å²) in [6.45, 7) is 1.66. The number of amides is 1. The molecule has 3 rings (SSSR count). The number of carbonyl (C=O) groups excluding carboxylic acids is 1. The highest BCUT2D eigenvalue weighted by molar-refractivity contribution is 5.79. The molecular formula is C16H21N5O3. The fourth-order valence-corrected chi connectivity index (χ4v) is 2.89. The molecule has 2 aromatic rings. The van der Waals surface area contributed by atoms with E-state index in [2.05, 4.69) is 10.3 Å². The van der Waals surface area contributed by atoms with Crippen LogP contribution < -0.4 is 10.5 Å². The lowest BCUT2D eigenvalue weighted by Crippen LogP contribution is -2.30. The maximum Gasteiger partial charge on any atom is 0.227 e. The molecule has 3 N–H and O–H groups in total. The monoisotopic (exact) mass is 331 g/mol. The van der Waals surface area contributed by atoms with Crippen molar-refractivity contribution in [2.45, 2.75) is 25.4 Å². The lowest BCUT2D eigenvalue weighted by molar-refractivity contribution is -0.129. The Bertz CT molecular complexity index is 730. The van der Waals surface area contributed by atoms with Crippen LogP contribution in [0.1, 0.15) is 23.7 Å². The molecule has 0 saturated carbocycles. The number of rotatable bonds is 5. The van der Waals surface area contributed by atoms with Gasteiger partial charge in [0.2, 0.25) is 5.91 Å². The van der Waals surface area contributed by atoms with Crippen LogP contribution in [0.2, 0.25) is 0 Å². The van der Waals surface area contributed by atoms with Gasteiger partial charge in [0.15, 0.2) is 11.5 Å². The Morgan fingerprint density at radius 2 is 2.33 bits per heavy atom. The lowest BCUT2D eigenvalue weighted by Gasteiger charge is -2.17. The maximum atomic E-state index is 12.5. The molecule has 1 saturated heterocycles. The Balaban J connectivity index is 1.62. The third-order valence-electron chi connectivity index (χ3n) is 4.26. The predicted molar refractivity (Wildman–Crippen MR) is 86.5 cm³/mol. The van der Waals surface area contributed by atoms with Crippen molar-refractivity contribution in [3.8, 4) is 11.5 Å². The molecule has 0 bridgehead atoms. The largest absolute Gasteiger partial charge is 0.504 e. The molecule has 1 aromatic heterocycles. The molecule has 1 atom stereocenters. The van der Waals surface area contributed by atoms with Crippen LogP contribution in [-0.2, 0) is 17.8 Å². The number of likely N-dealkylation sites (tertiary alicyclic amines) is 1. The van der Waals surface area contributed by atoms with Crippen LogP contribution in [0.25, 0.3) is 0 Å². The number of phenolic OH excluding ortho intramolecular Hbond substituents is 1. The standard InChI is InChI=1S/C16H21N5O3/c1-24-15-6-11(2-3-14(15)22)7-16(23)20-5-4-13(10-20)21-9-12(8-17)18-19-21/h2-3,6,9,13,22H,4-5,7-8,10,17H2,1H3. The summed E-state index contributed by atoms with van der Waals surface area (Å²) in [5, 5.41) is 17.7. The zero-order valence-electron chi connectivity index (χ0n) is 13.6. The number of aromatic nitrogens is 3. The Morgan fingerprint density at radius 1 is 1.50 bits per heavy atom. The minimum absolute atomic E-state index is 0.0457. The molecule has 1 aliphatic heterocycles. The smallest absolute Gasteiger partial charge is 0.227 e. The van der Waals surface area contributed by atoms with Gasteiger partial charge in [-0.3, -0.25) is 4.79 Å². The van der Waals surface area contributed by atoms with Gasteiger partial charge in [0, 0.05) is 19.6 Å². The van der Waals surface area contributed by atoms with E-state index >= 15 is 0 Å². The van der Waals surface area contributed by atoms with Gasteiger partial charge in [0.1, 0.15) is 0 Å². The minimum atomic E-state index is 0.0457. The van der Waals surface area contributed by atoms with Crippen molar-refractivity contribution in [3.05, 3.63) is 35.7 Å². The summed E-state index contributed by atoms with van der Waals surface area (Å²) < 4.78 is 6.87. The number of carbonyl (C=O) groups is 1. The first-order chi connectivity index (χ1) is 11.6. The van der Waals surface area contributed by atoms with Crippen LogP contribution in [-0.4, -0.2) is 51.1 Å². The highest BCUT2D eigenvalue weighted by atomic mass is 16.5. The summed E-state index contributed by atoms with van der Waals surface area (Å²) in [6.07, 6.45) is 2.95. The van der Waals surface area contributed by atoms with Crippen molar-refractivity contribution in [2.75, 3.05) is 20.2 Å². The van der Waals surface area contributed by atoms with Crippen LogP contribution in [0.4, 0.5) is 0 Å². The second-order valence-corrected chi connectivity index (χ2v) is 5.86. The second-order valence-electron chi connectivity index (χ2n) is 5.86. The number of hydrogen-bond donors (Lipinski definition) is 2. The first-order valence-electron chi connectivity index (χ1n) is 7.85. The number of nitrogens with two attached hydrogens (primary N) is 1. The molecule has 1 aliphatic rings. The predicted octanol–water partition coefficient (Wildman–Crippen LogP) is 0.467.